The van der Waals surface area contributed by atoms with Gasteiger partial charge in [0.25, 0.3) is 0 Å². The molecule has 0 aliphatic rings. The van der Waals surface area contributed by atoms with Gasteiger partial charge in [0, 0.05) is 21.7 Å². The van der Waals surface area contributed by atoms with Gasteiger partial charge in [0.1, 0.15) is 12.1 Å². The molecule has 0 saturated heterocycles. The second-order valence-corrected chi connectivity index (χ2v) is 8.82. The topological polar surface area (TPSA) is 81.9 Å². The maximum Gasteiger partial charge on any atom is 0.236 e. The first-order chi connectivity index (χ1) is 15.0. The van der Waals surface area contributed by atoms with Crippen LogP contribution in [0.25, 0.3) is 16.9 Å². The third-order valence-electron chi connectivity index (χ3n) is 4.16. The number of carbonyl (C=O) groups is 1. The van der Waals surface area contributed by atoms with Crippen LogP contribution in [-0.2, 0) is 4.79 Å². The average molecular weight is 492 g/mol. The molecule has 0 fully saturated rings. The van der Waals surface area contributed by atoms with E-state index in [0.29, 0.717) is 26.0 Å². The Morgan fingerprint density at radius 2 is 2.03 bits per heavy atom. The Morgan fingerprint density at radius 1 is 1.23 bits per heavy atom. The van der Waals surface area contributed by atoms with Crippen molar-refractivity contribution >= 4 is 57.3 Å². The summed E-state index contributed by atoms with van der Waals surface area (Å²) in [7, 11) is 1.61. The molecule has 11 heteroatoms. The van der Waals surface area contributed by atoms with E-state index in [1.54, 1.807) is 36.2 Å². The summed E-state index contributed by atoms with van der Waals surface area (Å²) in [4.78, 5) is 16.9. The zero-order valence-electron chi connectivity index (χ0n) is 16.1. The van der Waals surface area contributed by atoms with E-state index in [1.807, 2.05) is 29.6 Å². The van der Waals surface area contributed by atoms with Gasteiger partial charge in [0.2, 0.25) is 5.91 Å². The standard InChI is InChI=1S/C20H15Cl2N5O2S2/c1-29-14-5-3-13(4-6-14)27-11-23-26-20(27)31-10-18(28)25-19-24-17(9-30-19)15-7-2-12(21)8-16(15)22/h2-9,11H,10H2,1H3,(H,24,25,28). The largest absolute Gasteiger partial charge is 0.497 e. The molecule has 158 valence electrons. The molecule has 31 heavy (non-hydrogen) atoms. The van der Waals surface area contributed by atoms with E-state index in [2.05, 4.69) is 20.5 Å². The van der Waals surface area contributed by atoms with Gasteiger partial charge in [-0.2, -0.15) is 0 Å². The van der Waals surface area contributed by atoms with Crippen molar-refractivity contribution in [1.82, 2.24) is 19.7 Å². The first-order valence-corrected chi connectivity index (χ1v) is 11.5. The van der Waals surface area contributed by atoms with E-state index < -0.39 is 0 Å². The predicted molar refractivity (Wildman–Crippen MR) is 125 cm³/mol. The van der Waals surface area contributed by atoms with Crippen molar-refractivity contribution in [2.24, 2.45) is 0 Å². The van der Waals surface area contributed by atoms with Crippen molar-refractivity contribution in [1.29, 1.82) is 0 Å². The van der Waals surface area contributed by atoms with Gasteiger partial charge in [0.15, 0.2) is 10.3 Å². The van der Waals surface area contributed by atoms with E-state index in [1.165, 1.54) is 23.1 Å². The minimum Gasteiger partial charge on any atom is -0.497 e. The third-order valence-corrected chi connectivity index (χ3v) is 6.41. The number of hydrogen-bond acceptors (Lipinski definition) is 7. The number of nitrogens with zero attached hydrogens (tertiary/aromatic N) is 4. The van der Waals surface area contributed by atoms with Gasteiger partial charge in [-0.25, -0.2) is 4.98 Å². The summed E-state index contributed by atoms with van der Waals surface area (Å²) in [6.07, 6.45) is 1.60. The second-order valence-electron chi connectivity index (χ2n) is 6.18. The molecule has 0 spiro atoms. The number of carbonyl (C=O) groups excluding carboxylic acids is 1. The van der Waals surface area contributed by atoms with E-state index in [-0.39, 0.29) is 11.7 Å². The maximum atomic E-state index is 12.4. The number of rotatable bonds is 7. The SMILES string of the molecule is COc1ccc(-n2cnnc2SCC(=O)Nc2nc(-c3ccc(Cl)cc3Cl)cs2)cc1. The molecule has 0 aliphatic heterocycles. The van der Waals surface area contributed by atoms with Gasteiger partial charge in [-0.1, -0.05) is 35.0 Å². The molecular formula is C20H15Cl2N5O2S2. The molecule has 0 saturated carbocycles. The van der Waals surface area contributed by atoms with Gasteiger partial charge in [0.05, 0.1) is 23.6 Å². The molecule has 2 aromatic heterocycles. The lowest BCUT2D eigenvalue weighted by Crippen LogP contribution is -2.14. The summed E-state index contributed by atoms with van der Waals surface area (Å²) >= 11 is 14.8. The molecular weight excluding hydrogens is 477 g/mol. The van der Waals surface area contributed by atoms with Crippen molar-refractivity contribution in [3.8, 4) is 22.7 Å². The van der Waals surface area contributed by atoms with Crippen LogP contribution in [0.4, 0.5) is 5.13 Å². The number of amides is 1. The van der Waals surface area contributed by atoms with E-state index in [0.717, 1.165) is 17.0 Å². The summed E-state index contributed by atoms with van der Waals surface area (Å²) in [6, 6.07) is 12.7. The minimum atomic E-state index is -0.197. The van der Waals surface area contributed by atoms with Crippen LogP contribution in [0.2, 0.25) is 10.0 Å². The normalized spacial score (nSPS) is 10.8. The number of halogens is 2. The Labute approximate surface area is 196 Å². The lowest BCUT2D eigenvalue weighted by atomic mass is 10.2. The lowest BCUT2D eigenvalue weighted by Gasteiger charge is -2.07. The van der Waals surface area contributed by atoms with Gasteiger partial charge in [-0.05, 0) is 42.5 Å². The highest BCUT2D eigenvalue weighted by molar-refractivity contribution is 7.99. The van der Waals surface area contributed by atoms with Gasteiger partial charge in [-0.15, -0.1) is 21.5 Å². The summed E-state index contributed by atoms with van der Waals surface area (Å²) in [5, 5.41) is 14.8. The Kier molecular flexibility index (Phi) is 6.77. The Bertz CT molecular complexity index is 1210. The number of anilines is 1. The molecule has 0 unspecified atom stereocenters. The molecule has 0 radical (unpaired) electrons. The van der Waals surface area contributed by atoms with Gasteiger partial charge in [-0.3, -0.25) is 9.36 Å². The van der Waals surface area contributed by atoms with E-state index in [4.69, 9.17) is 27.9 Å². The summed E-state index contributed by atoms with van der Waals surface area (Å²) in [5.74, 6) is 0.719. The van der Waals surface area contributed by atoms with Crippen LogP contribution in [0.3, 0.4) is 0 Å². The smallest absolute Gasteiger partial charge is 0.236 e. The average Bonchev–Trinajstić information content (AvgIpc) is 3.42. The summed E-state index contributed by atoms with van der Waals surface area (Å²) in [6.45, 7) is 0. The first kappa shape index (κ1) is 21.6. The third kappa shape index (κ3) is 5.19. The number of benzene rings is 2. The molecule has 0 aliphatic carbocycles. The summed E-state index contributed by atoms with van der Waals surface area (Å²) in [5.41, 5.74) is 2.30. The fourth-order valence-electron chi connectivity index (χ4n) is 2.68. The molecule has 0 atom stereocenters. The molecule has 7 nitrogen and oxygen atoms in total. The van der Waals surface area contributed by atoms with Crippen LogP contribution in [0.5, 0.6) is 5.75 Å². The fourth-order valence-corrected chi connectivity index (χ4v) is 4.64. The fraction of sp³-hybridized carbons (Fsp3) is 0.100. The van der Waals surface area contributed by atoms with Crippen LogP contribution < -0.4 is 10.1 Å². The van der Waals surface area contributed by atoms with E-state index in [9.17, 15) is 4.79 Å². The number of hydrogen-bond donors (Lipinski definition) is 1. The molecule has 0 bridgehead atoms. The van der Waals surface area contributed by atoms with Crippen molar-refractivity contribution in [3.63, 3.8) is 0 Å². The number of methoxy groups -OCH3 is 1. The quantitative estimate of drug-likeness (QED) is 0.346. The number of nitrogens with one attached hydrogen (secondary N) is 1. The maximum absolute atomic E-state index is 12.4. The van der Waals surface area contributed by atoms with Crippen LogP contribution in [0, 0.1) is 0 Å². The van der Waals surface area contributed by atoms with Crippen LogP contribution in [-0.4, -0.2) is 38.5 Å². The van der Waals surface area contributed by atoms with Gasteiger partial charge < -0.3 is 10.1 Å². The van der Waals surface area contributed by atoms with Crippen molar-refractivity contribution < 1.29 is 9.53 Å². The van der Waals surface area contributed by atoms with Crippen LogP contribution >= 0.6 is 46.3 Å². The first-order valence-electron chi connectivity index (χ1n) is 8.91. The molecule has 1 amide bonds. The number of thiazole rings is 1. The van der Waals surface area contributed by atoms with Crippen molar-refractivity contribution in [2.75, 3.05) is 18.2 Å². The van der Waals surface area contributed by atoms with Gasteiger partial charge >= 0.3 is 0 Å². The molecule has 2 heterocycles. The number of ether oxygens (including phenoxy) is 1. The van der Waals surface area contributed by atoms with Crippen LogP contribution in [0.1, 0.15) is 0 Å². The summed E-state index contributed by atoms with van der Waals surface area (Å²) < 4.78 is 6.98. The van der Waals surface area contributed by atoms with Crippen molar-refractivity contribution in [3.05, 3.63) is 64.2 Å². The lowest BCUT2D eigenvalue weighted by molar-refractivity contribution is -0.113. The Morgan fingerprint density at radius 3 is 2.77 bits per heavy atom. The zero-order chi connectivity index (χ0) is 21.8. The number of aromatic nitrogens is 4. The highest BCUT2D eigenvalue weighted by Crippen LogP contribution is 2.32. The van der Waals surface area contributed by atoms with Crippen molar-refractivity contribution in [2.45, 2.75) is 5.16 Å². The predicted octanol–water partition coefficient (Wildman–Crippen LogP) is 5.44. The second kappa shape index (κ2) is 9.69. The minimum absolute atomic E-state index is 0.158. The van der Waals surface area contributed by atoms with E-state index >= 15 is 0 Å². The zero-order valence-corrected chi connectivity index (χ0v) is 19.2. The molecule has 1 N–H and O–H groups in total. The Hall–Kier alpha value is -2.59. The number of thioether (sulfide) groups is 1. The monoisotopic (exact) mass is 491 g/mol. The highest BCUT2D eigenvalue weighted by atomic mass is 35.5. The molecule has 4 aromatic rings. The Balaban J connectivity index is 1.38. The molecule has 2 aromatic carbocycles. The molecule has 4 rings (SSSR count). The highest BCUT2D eigenvalue weighted by Gasteiger charge is 2.13. The van der Waals surface area contributed by atoms with Crippen LogP contribution in [0.15, 0.2) is 59.3 Å².